The average molecular weight is 391 g/mol. The molecule has 1 saturated carbocycles. The maximum absolute atomic E-state index is 12.9. The summed E-state index contributed by atoms with van der Waals surface area (Å²) >= 11 is 0. The lowest BCUT2D eigenvalue weighted by Gasteiger charge is -2.24. The molecule has 1 fully saturated rings. The summed E-state index contributed by atoms with van der Waals surface area (Å²) in [6, 6.07) is 12.8. The van der Waals surface area contributed by atoms with Crippen LogP contribution < -0.4 is 10.6 Å². The van der Waals surface area contributed by atoms with Gasteiger partial charge in [0.05, 0.1) is 6.54 Å². The Balaban J connectivity index is 1.37. The minimum absolute atomic E-state index is 0.0949. The number of carbonyl (C=O) groups is 3. The molecular formula is C23H25N3O3. The van der Waals surface area contributed by atoms with E-state index >= 15 is 0 Å². The Morgan fingerprint density at radius 2 is 1.83 bits per heavy atom. The highest BCUT2D eigenvalue weighted by atomic mass is 16.2. The van der Waals surface area contributed by atoms with E-state index in [1.165, 1.54) is 5.56 Å². The molecule has 2 aliphatic rings. The van der Waals surface area contributed by atoms with Crippen LogP contribution >= 0.6 is 0 Å². The zero-order chi connectivity index (χ0) is 20.5. The molecule has 29 heavy (non-hydrogen) atoms. The first-order valence-corrected chi connectivity index (χ1v) is 9.98. The molecule has 0 bridgehead atoms. The number of nitrogens with one attached hydrogen (secondary N) is 2. The van der Waals surface area contributed by atoms with Gasteiger partial charge < -0.3 is 15.5 Å². The molecule has 6 heteroatoms. The monoisotopic (exact) mass is 391 g/mol. The number of benzene rings is 2. The molecule has 1 aliphatic carbocycles. The van der Waals surface area contributed by atoms with Gasteiger partial charge in [-0.2, -0.15) is 0 Å². The van der Waals surface area contributed by atoms with E-state index < -0.39 is 6.04 Å². The molecule has 1 heterocycles. The van der Waals surface area contributed by atoms with Crippen LogP contribution in [0.3, 0.4) is 0 Å². The van der Waals surface area contributed by atoms with Crippen molar-refractivity contribution in [1.82, 2.24) is 15.5 Å². The van der Waals surface area contributed by atoms with E-state index in [1.54, 1.807) is 11.0 Å². The number of hydrogen-bond acceptors (Lipinski definition) is 3. The summed E-state index contributed by atoms with van der Waals surface area (Å²) in [5, 5.41) is 5.56. The van der Waals surface area contributed by atoms with E-state index in [1.807, 2.05) is 44.2 Å². The zero-order valence-electron chi connectivity index (χ0n) is 16.7. The molecule has 2 N–H and O–H groups in total. The quantitative estimate of drug-likeness (QED) is 0.794. The molecule has 150 valence electrons. The highest BCUT2D eigenvalue weighted by molar-refractivity contribution is 6.05. The second kappa shape index (κ2) is 7.70. The lowest BCUT2D eigenvalue weighted by atomic mass is 10.0. The molecule has 0 spiro atoms. The van der Waals surface area contributed by atoms with Crippen molar-refractivity contribution in [2.75, 3.05) is 6.54 Å². The van der Waals surface area contributed by atoms with Gasteiger partial charge in [-0.15, -0.1) is 0 Å². The van der Waals surface area contributed by atoms with Crippen LogP contribution in [0.5, 0.6) is 0 Å². The third kappa shape index (κ3) is 3.88. The van der Waals surface area contributed by atoms with Crippen LogP contribution in [0.1, 0.15) is 51.5 Å². The van der Waals surface area contributed by atoms with Crippen molar-refractivity contribution < 1.29 is 14.4 Å². The molecule has 0 radical (unpaired) electrons. The Morgan fingerprint density at radius 3 is 2.55 bits per heavy atom. The van der Waals surface area contributed by atoms with Crippen LogP contribution in [0.25, 0.3) is 0 Å². The van der Waals surface area contributed by atoms with Crippen LogP contribution in [-0.4, -0.2) is 35.2 Å². The van der Waals surface area contributed by atoms with Crippen LogP contribution in [0, 0.1) is 13.8 Å². The topological polar surface area (TPSA) is 78.5 Å². The summed E-state index contributed by atoms with van der Waals surface area (Å²) in [7, 11) is 0. The summed E-state index contributed by atoms with van der Waals surface area (Å²) in [6.45, 7) is 4.34. The summed E-state index contributed by atoms with van der Waals surface area (Å²) in [4.78, 5) is 39.5. The molecule has 0 aromatic heterocycles. The molecule has 2 aromatic carbocycles. The predicted octanol–water partition coefficient (Wildman–Crippen LogP) is 2.40. The number of rotatable bonds is 6. The van der Waals surface area contributed by atoms with Crippen molar-refractivity contribution in [3.05, 3.63) is 70.3 Å². The van der Waals surface area contributed by atoms with Crippen molar-refractivity contribution in [3.63, 3.8) is 0 Å². The Bertz CT molecular complexity index is 981. The Kier molecular flexibility index (Phi) is 5.09. The third-order valence-corrected chi connectivity index (χ3v) is 5.58. The van der Waals surface area contributed by atoms with E-state index in [0.29, 0.717) is 12.1 Å². The fourth-order valence-corrected chi connectivity index (χ4v) is 3.90. The normalized spacial score (nSPS) is 17.8. The maximum Gasteiger partial charge on any atom is 0.255 e. The summed E-state index contributed by atoms with van der Waals surface area (Å²) in [5.74, 6) is -0.659. The van der Waals surface area contributed by atoms with Gasteiger partial charge in [0, 0.05) is 18.2 Å². The summed E-state index contributed by atoms with van der Waals surface area (Å²) in [5.41, 5.74) is 4.65. The molecule has 2 aromatic rings. The minimum atomic E-state index is -0.654. The Morgan fingerprint density at radius 1 is 1.07 bits per heavy atom. The lowest BCUT2D eigenvalue weighted by Crippen LogP contribution is -2.43. The fraction of sp³-hybridized carbons (Fsp3) is 0.348. The van der Waals surface area contributed by atoms with Gasteiger partial charge in [-0.25, -0.2) is 0 Å². The van der Waals surface area contributed by atoms with E-state index in [0.717, 1.165) is 29.5 Å². The second-order valence-electron chi connectivity index (χ2n) is 7.86. The first kappa shape index (κ1) is 19.2. The largest absolute Gasteiger partial charge is 0.350 e. The van der Waals surface area contributed by atoms with Crippen LogP contribution in [0.2, 0.25) is 0 Å². The summed E-state index contributed by atoms with van der Waals surface area (Å²) < 4.78 is 0. The lowest BCUT2D eigenvalue weighted by molar-refractivity contribution is -0.129. The number of hydrogen-bond donors (Lipinski definition) is 2. The second-order valence-corrected chi connectivity index (χ2v) is 7.86. The van der Waals surface area contributed by atoms with E-state index in [2.05, 4.69) is 16.7 Å². The number of carbonyl (C=O) groups excluding carboxylic acids is 3. The van der Waals surface area contributed by atoms with E-state index in [4.69, 9.17) is 0 Å². The minimum Gasteiger partial charge on any atom is -0.350 e. The van der Waals surface area contributed by atoms with E-state index in [-0.39, 0.29) is 30.3 Å². The Hall–Kier alpha value is -3.15. The first-order chi connectivity index (χ1) is 14.0. The van der Waals surface area contributed by atoms with Gasteiger partial charge in [-0.05, 0) is 49.4 Å². The fourth-order valence-electron chi connectivity index (χ4n) is 3.90. The number of nitrogens with zero attached hydrogens (tertiary/aromatic N) is 1. The molecule has 0 saturated heterocycles. The molecule has 1 unspecified atom stereocenters. The van der Waals surface area contributed by atoms with Crippen molar-refractivity contribution >= 4 is 17.7 Å². The maximum atomic E-state index is 12.9. The Labute approximate surface area is 170 Å². The highest BCUT2D eigenvalue weighted by Crippen LogP contribution is 2.41. The molecule has 1 aliphatic heterocycles. The van der Waals surface area contributed by atoms with Gasteiger partial charge in [0.15, 0.2) is 0 Å². The number of aryl methyl sites for hydroxylation is 2. The average Bonchev–Trinajstić information content (AvgIpc) is 3.50. The first-order valence-electron chi connectivity index (χ1n) is 9.98. The molecule has 4 rings (SSSR count). The van der Waals surface area contributed by atoms with Crippen molar-refractivity contribution in [1.29, 1.82) is 0 Å². The van der Waals surface area contributed by atoms with Crippen molar-refractivity contribution in [2.45, 2.75) is 45.3 Å². The van der Waals surface area contributed by atoms with Crippen LogP contribution in [-0.2, 0) is 16.1 Å². The van der Waals surface area contributed by atoms with Crippen molar-refractivity contribution in [3.8, 4) is 0 Å². The predicted molar refractivity (Wildman–Crippen MR) is 109 cm³/mol. The van der Waals surface area contributed by atoms with Gasteiger partial charge in [0.25, 0.3) is 5.91 Å². The highest BCUT2D eigenvalue weighted by Gasteiger charge is 2.47. The molecule has 1 atom stereocenters. The van der Waals surface area contributed by atoms with Gasteiger partial charge in [-0.3, -0.25) is 14.4 Å². The molecule has 3 amide bonds. The van der Waals surface area contributed by atoms with Gasteiger partial charge in [-0.1, -0.05) is 42.0 Å². The molecule has 6 nitrogen and oxygen atoms in total. The third-order valence-electron chi connectivity index (χ3n) is 5.58. The van der Waals surface area contributed by atoms with Crippen LogP contribution in [0.15, 0.2) is 42.5 Å². The van der Waals surface area contributed by atoms with Gasteiger partial charge >= 0.3 is 0 Å². The van der Waals surface area contributed by atoms with E-state index in [9.17, 15) is 14.4 Å². The van der Waals surface area contributed by atoms with Crippen LogP contribution in [0.4, 0.5) is 0 Å². The van der Waals surface area contributed by atoms with Gasteiger partial charge in [0.1, 0.15) is 6.04 Å². The number of amides is 3. The standard InChI is InChI=1S/C23H25N3O3/c1-14-7-8-16(15(2)11-14)12-24-20(27)13-25-22(28)21-18-5-3-4-6-19(18)23(29)26(21)17-9-10-17/h3-8,11,17,21H,9-10,12-13H2,1-2H3,(H,24,27)(H,25,28). The SMILES string of the molecule is Cc1ccc(CNC(=O)CNC(=O)C2c3ccccc3C(=O)N2C2CC2)c(C)c1. The van der Waals surface area contributed by atoms with Crippen molar-refractivity contribution in [2.24, 2.45) is 0 Å². The summed E-state index contributed by atoms with van der Waals surface area (Å²) in [6.07, 6.45) is 1.83. The number of fused-ring (bicyclic) bond motifs is 1. The zero-order valence-corrected chi connectivity index (χ0v) is 16.7. The molecular weight excluding hydrogens is 366 g/mol. The smallest absolute Gasteiger partial charge is 0.255 e. The van der Waals surface area contributed by atoms with Gasteiger partial charge in [0.2, 0.25) is 11.8 Å².